The summed E-state index contributed by atoms with van der Waals surface area (Å²) < 4.78 is 51.9. The standard InChI is InChI=1S/C19H25N3O5S2/c1-14(2)22(3)29(26,27)17-10-7-9-15(12-17)19(23)20-13-16-8-5-6-11-18(16)21-28(4,24)25/h5-12,14,21H,13H2,1-4H3,(H,20,23). The van der Waals surface area contributed by atoms with Crippen LogP contribution < -0.4 is 10.0 Å². The molecule has 0 aliphatic rings. The first-order valence-corrected chi connectivity index (χ1v) is 12.2. The van der Waals surface area contributed by atoms with E-state index < -0.39 is 26.0 Å². The number of rotatable bonds is 8. The van der Waals surface area contributed by atoms with E-state index in [9.17, 15) is 21.6 Å². The van der Waals surface area contributed by atoms with Gasteiger partial charge < -0.3 is 5.32 Å². The molecule has 0 aliphatic carbocycles. The topological polar surface area (TPSA) is 113 Å². The molecular weight excluding hydrogens is 414 g/mol. The van der Waals surface area contributed by atoms with Crippen LogP contribution in [0.2, 0.25) is 0 Å². The molecular formula is C19H25N3O5S2. The fourth-order valence-electron chi connectivity index (χ4n) is 2.49. The summed E-state index contributed by atoms with van der Waals surface area (Å²) in [5.74, 6) is -0.469. The van der Waals surface area contributed by atoms with Gasteiger partial charge in [0.25, 0.3) is 5.91 Å². The number of nitrogens with zero attached hydrogens (tertiary/aromatic N) is 1. The van der Waals surface area contributed by atoms with E-state index >= 15 is 0 Å². The van der Waals surface area contributed by atoms with E-state index in [4.69, 9.17) is 0 Å². The van der Waals surface area contributed by atoms with Crippen LogP contribution in [0, 0.1) is 0 Å². The lowest BCUT2D eigenvalue weighted by molar-refractivity contribution is 0.0951. The number of anilines is 1. The number of carbonyl (C=O) groups is 1. The molecule has 0 saturated heterocycles. The molecule has 158 valence electrons. The van der Waals surface area contributed by atoms with E-state index in [1.54, 1.807) is 38.1 Å². The maximum atomic E-state index is 12.6. The normalized spacial score (nSPS) is 12.2. The molecule has 0 fully saturated rings. The Labute approximate surface area is 172 Å². The molecule has 0 bridgehead atoms. The Kier molecular flexibility index (Phi) is 7.04. The van der Waals surface area contributed by atoms with Crippen molar-refractivity contribution < 1.29 is 21.6 Å². The summed E-state index contributed by atoms with van der Waals surface area (Å²) in [5.41, 5.74) is 1.14. The van der Waals surface area contributed by atoms with Crippen LogP contribution >= 0.6 is 0 Å². The Morgan fingerprint density at radius 1 is 1.03 bits per heavy atom. The monoisotopic (exact) mass is 439 g/mol. The number of carbonyl (C=O) groups excluding carboxylic acids is 1. The smallest absolute Gasteiger partial charge is 0.251 e. The average Bonchev–Trinajstić information content (AvgIpc) is 2.65. The van der Waals surface area contributed by atoms with Gasteiger partial charge in [-0.2, -0.15) is 4.31 Å². The number of nitrogens with one attached hydrogen (secondary N) is 2. The first-order chi connectivity index (χ1) is 13.4. The zero-order valence-corrected chi connectivity index (χ0v) is 18.3. The third-order valence-corrected chi connectivity index (χ3v) is 6.87. The van der Waals surface area contributed by atoms with Crippen LogP contribution in [0.3, 0.4) is 0 Å². The maximum absolute atomic E-state index is 12.6. The van der Waals surface area contributed by atoms with Crippen molar-refractivity contribution in [2.24, 2.45) is 0 Å². The highest BCUT2D eigenvalue weighted by Gasteiger charge is 2.24. The minimum absolute atomic E-state index is 0.0282. The van der Waals surface area contributed by atoms with E-state index in [0.29, 0.717) is 11.3 Å². The second-order valence-corrected chi connectivity index (χ2v) is 10.6. The molecule has 2 aromatic carbocycles. The molecule has 8 nitrogen and oxygen atoms in total. The zero-order valence-electron chi connectivity index (χ0n) is 16.7. The van der Waals surface area contributed by atoms with Crippen molar-refractivity contribution in [2.45, 2.75) is 31.3 Å². The van der Waals surface area contributed by atoms with Gasteiger partial charge in [-0.05, 0) is 43.7 Å². The minimum atomic E-state index is -3.71. The van der Waals surface area contributed by atoms with Gasteiger partial charge in [0, 0.05) is 25.2 Å². The van der Waals surface area contributed by atoms with Crippen LogP contribution in [-0.2, 0) is 26.6 Å². The molecule has 2 N–H and O–H groups in total. The Bertz CT molecular complexity index is 1100. The molecule has 2 aromatic rings. The van der Waals surface area contributed by atoms with Crippen molar-refractivity contribution in [3.05, 3.63) is 59.7 Å². The van der Waals surface area contributed by atoms with Crippen molar-refractivity contribution in [1.82, 2.24) is 9.62 Å². The van der Waals surface area contributed by atoms with Gasteiger partial charge in [0.15, 0.2) is 0 Å². The van der Waals surface area contributed by atoms with E-state index in [-0.39, 0.29) is 23.0 Å². The fourth-order valence-corrected chi connectivity index (χ4v) is 4.51. The maximum Gasteiger partial charge on any atom is 0.251 e. The molecule has 0 radical (unpaired) electrons. The Morgan fingerprint density at radius 2 is 1.69 bits per heavy atom. The molecule has 0 spiro atoms. The molecule has 1 amide bonds. The number of amides is 1. The molecule has 0 atom stereocenters. The van der Waals surface area contributed by atoms with Crippen LogP contribution in [-0.4, -0.2) is 46.4 Å². The molecule has 0 heterocycles. The van der Waals surface area contributed by atoms with Crippen molar-refractivity contribution in [2.75, 3.05) is 18.0 Å². The minimum Gasteiger partial charge on any atom is -0.348 e. The summed E-state index contributed by atoms with van der Waals surface area (Å²) in [7, 11) is -5.69. The number of hydrogen-bond acceptors (Lipinski definition) is 5. The van der Waals surface area contributed by atoms with Gasteiger partial charge in [-0.3, -0.25) is 9.52 Å². The van der Waals surface area contributed by atoms with E-state index in [1.165, 1.54) is 35.6 Å². The number of hydrogen-bond donors (Lipinski definition) is 2. The predicted octanol–water partition coefficient (Wildman–Crippen LogP) is 2.02. The lowest BCUT2D eigenvalue weighted by Crippen LogP contribution is -2.33. The summed E-state index contributed by atoms with van der Waals surface area (Å²) in [6, 6.07) is 12.3. The first kappa shape index (κ1) is 22.9. The fraction of sp³-hybridized carbons (Fsp3) is 0.316. The van der Waals surface area contributed by atoms with Gasteiger partial charge in [0.1, 0.15) is 0 Å². The lowest BCUT2D eigenvalue weighted by atomic mass is 10.1. The Morgan fingerprint density at radius 3 is 2.31 bits per heavy atom. The highest BCUT2D eigenvalue weighted by atomic mass is 32.2. The van der Waals surface area contributed by atoms with E-state index in [1.807, 2.05) is 0 Å². The summed E-state index contributed by atoms with van der Waals surface area (Å²) >= 11 is 0. The second-order valence-electron chi connectivity index (χ2n) is 6.86. The molecule has 29 heavy (non-hydrogen) atoms. The second kappa shape index (κ2) is 8.93. The zero-order chi connectivity index (χ0) is 21.8. The summed E-state index contributed by atoms with van der Waals surface area (Å²) in [6.07, 6.45) is 1.04. The Balaban J connectivity index is 2.20. The van der Waals surface area contributed by atoms with E-state index in [2.05, 4.69) is 10.0 Å². The largest absolute Gasteiger partial charge is 0.348 e. The predicted molar refractivity (Wildman–Crippen MR) is 113 cm³/mol. The van der Waals surface area contributed by atoms with Gasteiger partial charge in [-0.1, -0.05) is 24.3 Å². The molecule has 0 unspecified atom stereocenters. The van der Waals surface area contributed by atoms with Gasteiger partial charge in [-0.15, -0.1) is 0 Å². The van der Waals surface area contributed by atoms with Gasteiger partial charge in [0.05, 0.1) is 16.8 Å². The highest BCUT2D eigenvalue weighted by molar-refractivity contribution is 7.92. The Hall–Kier alpha value is -2.43. The lowest BCUT2D eigenvalue weighted by Gasteiger charge is -2.21. The van der Waals surface area contributed by atoms with Crippen LogP contribution in [0.25, 0.3) is 0 Å². The quantitative estimate of drug-likeness (QED) is 0.653. The number of benzene rings is 2. The highest BCUT2D eigenvalue weighted by Crippen LogP contribution is 2.19. The van der Waals surface area contributed by atoms with E-state index in [0.717, 1.165) is 6.26 Å². The van der Waals surface area contributed by atoms with Crippen molar-refractivity contribution in [1.29, 1.82) is 0 Å². The van der Waals surface area contributed by atoms with Crippen molar-refractivity contribution in [3.63, 3.8) is 0 Å². The van der Waals surface area contributed by atoms with Crippen LogP contribution in [0.4, 0.5) is 5.69 Å². The van der Waals surface area contributed by atoms with Gasteiger partial charge in [0.2, 0.25) is 20.0 Å². The third-order valence-electron chi connectivity index (χ3n) is 4.25. The molecule has 0 aliphatic heterocycles. The van der Waals surface area contributed by atoms with Gasteiger partial charge in [-0.25, -0.2) is 16.8 Å². The SMILES string of the molecule is CC(C)N(C)S(=O)(=O)c1cccc(C(=O)NCc2ccccc2NS(C)(=O)=O)c1. The molecule has 0 saturated carbocycles. The summed E-state index contributed by atoms with van der Waals surface area (Å²) in [4.78, 5) is 12.6. The molecule has 2 rings (SSSR count). The molecule has 0 aromatic heterocycles. The van der Waals surface area contributed by atoms with Crippen LogP contribution in [0.1, 0.15) is 29.8 Å². The third kappa shape index (κ3) is 6.02. The summed E-state index contributed by atoms with van der Waals surface area (Å²) in [6.45, 7) is 3.59. The first-order valence-electron chi connectivity index (χ1n) is 8.84. The average molecular weight is 440 g/mol. The number of sulfonamides is 2. The van der Waals surface area contributed by atoms with Crippen LogP contribution in [0.15, 0.2) is 53.4 Å². The van der Waals surface area contributed by atoms with Crippen molar-refractivity contribution in [3.8, 4) is 0 Å². The number of para-hydroxylation sites is 1. The van der Waals surface area contributed by atoms with Crippen LogP contribution in [0.5, 0.6) is 0 Å². The van der Waals surface area contributed by atoms with Crippen molar-refractivity contribution >= 4 is 31.6 Å². The molecule has 10 heteroatoms. The summed E-state index contributed by atoms with van der Waals surface area (Å²) in [5, 5.41) is 2.69. The van der Waals surface area contributed by atoms with Gasteiger partial charge >= 0.3 is 0 Å².